The van der Waals surface area contributed by atoms with Crippen LogP contribution in [0.15, 0.2) is 18.7 Å². The Morgan fingerprint density at radius 3 is 2.57 bits per heavy atom. The second-order valence-electron chi connectivity index (χ2n) is 13.8. The van der Waals surface area contributed by atoms with E-state index in [4.69, 9.17) is 4.18 Å². The van der Waals surface area contributed by atoms with Gasteiger partial charge in [0.25, 0.3) is 0 Å². The number of hydrogen-bond acceptors (Lipinski definition) is 4. The van der Waals surface area contributed by atoms with Crippen LogP contribution in [0.4, 0.5) is 0 Å². The minimum Gasteiger partial charge on any atom is -0.351 e. The molecule has 2 heterocycles. The molecule has 10 atom stereocenters. The molecule has 6 rings (SSSR count). The summed E-state index contributed by atoms with van der Waals surface area (Å²) in [4.78, 5) is 6.42. The number of nitrogens with one attached hydrogen (secondary N) is 1. The molecule has 0 aromatic carbocycles. The van der Waals surface area contributed by atoms with Crippen molar-refractivity contribution in [1.82, 2.24) is 9.97 Å². The number of fused-ring (bicyclic) bond motifs is 4. The normalized spacial score (nSPS) is 46.5. The van der Waals surface area contributed by atoms with E-state index >= 15 is 0 Å². The van der Waals surface area contributed by atoms with E-state index in [0.717, 1.165) is 40.8 Å². The Morgan fingerprint density at radius 2 is 1.91 bits per heavy atom. The summed E-state index contributed by atoms with van der Waals surface area (Å²) in [5.41, 5.74) is 1.18. The number of hydrogen-bond donors (Lipinski definition) is 2. The number of H-pyrrole nitrogens is 1. The van der Waals surface area contributed by atoms with E-state index in [2.05, 4.69) is 69.3 Å². The van der Waals surface area contributed by atoms with Gasteiger partial charge >= 0.3 is 0 Å². The van der Waals surface area contributed by atoms with Crippen molar-refractivity contribution in [2.75, 3.05) is 0 Å². The molecule has 0 bridgehead atoms. The maximum Gasteiger partial charge on any atom is 0.0919 e. The van der Waals surface area contributed by atoms with Crippen LogP contribution in [0.25, 0.3) is 0 Å². The highest BCUT2D eigenvalue weighted by Gasteiger charge is 2.75. The van der Waals surface area contributed by atoms with E-state index in [1.165, 1.54) is 70.6 Å². The number of thiol groups is 1. The molecular formula is C30H50N2OS2. The Labute approximate surface area is 224 Å². The average Bonchev–Trinajstić information content (AvgIpc) is 3.19. The first-order valence-electron chi connectivity index (χ1n) is 14.7. The van der Waals surface area contributed by atoms with Crippen LogP contribution in [0.5, 0.6) is 0 Å². The van der Waals surface area contributed by atoms with E-state index in [0.29, 0.717) is 21.7 Å². The quantitative estimate of drug-likeness (QED) is 0.225. The number of aromatic nitrogens is 2. The first-order valence-corrected chi connectivity index (χ1v) is 15.9. The molecule has 0 radical (unpaired) electrons. The van der Waals surface area contributed by atoms with Crippen molar-refractivity contribution >= 4 is 24.7 Å². The maximum atomic E-state index is 5.57. The lowest BCUT2D eigenvalue weighted by molar-refractivity contribution is -0.0991. The molecule has 1 aromatic rings. The van der Waals surface area contributed by atoms with Crippen LogP contribution in [0, 0.1) is 46.3 Å². The molecule has 1 spiro atoms. The van der Waals surface area contributed by atoms with Crippen molar-refractivity contribution in [3.8, 4) is 0 Å². The van der Waals surface area contributed by atoms with E-state index in [-0.39, 0.29) is 0 Å². The average molecular weight is 519 g/mol. The fourth-order valence-corrected chi connectivity index (χ4v) is 12.2. The topological polar surface area (TPSA) is 37.9 Å². The molecule has 5 aliphatic rings. The molecule has 5 fully saturated rings. The SMILES string of the molecule is CC(C)CCC[C@@H](C)[C@H]1CC[C@H]2[C@@H]3CC4SC45C[C@@H](OS)CC[C@]5(C)[C@H]3CC[C@]12C.c1c[nH]cn1. The van der Waals surface area contributed by atoms with Gasteiger partial charge in [-0.25, -0.2) is 4.98 Å². The molecule has 1 saturated heterocycles. The number of imidazole rings is 1. The summed E-state index contributed by atoms with van der Waals surface area (Å²) in [5, 5.41) is 0.917. The predicted octanol–water partition coefficient (Wildman–Crippen LogP) is 8.60. The first kappa shape index (κ1) is 26.5. The molecule has 35 heavy (non-hydrogen) atoms. The lowest BCUT2D eigenvalue weighted by Crippen LogP contribution is -2.58. The van der Waals surface area contributed by atoms with Crippen molar-refractivity contribution < 1.29 is 4.18 Å². The summed E-state index contributed by atoms with van der Waals surface area (Å²) in [7, 11) is 0. The third kappa shape index (κ3) is 4.56. The van der Waals surface area contributed by atoms with Crippen molar-refractivity contribution in [2.45, 2.75) is 121 Å². The van der Waals surface area contributed by atoms with Gasteiger partial charge in [-0.2, -0.15) is 0 Å². The number of aromatic amines is 1. The van der Waals surface area contributed by atoms with Crippen LogP contribution in [-0.2, 0) is 4.18 Å². The van der Waals surface area contributed by atoms with Gasteiger partial charge < -0.3 is 9.17 Å². The van der Waals surface area contributed by atoms with Gasteiger partial charge in [-0.1, -0.05) is 53.9 Å². The van der Waals surface area contributed by atoms with Crippen molar-refractivity contribution in [1.29, 1.82) is 0 Å². The molecule has 1 aromatic heterocycles. The second-order valence-corrected chi connectivity index (χ2v) is 15.5. The van der Waals surface area contributed by atoms with Crippen LogP contribution in [0.1, 0.15) is 105 Å². The fourth-order valence-electron chi connectivity index (χ4n) is 9.97. The zero-order valence-corrected chi connectivity index (χ0v) is 24.6. The Bertz CT molecular complexity index is 815. The Morgan fingerprint density at radius 1 is 1.09 bits per heavy atom. The molecule has 198 valence electrons. The molecule has 1 aliphatic heterocycles. The predicted molar refractivity (Wildman–Crippen MR) is 152 cm³/mol. The Kier molecular flexibility index (Phi) is 7.72. The third-order valence-corrected chi connectivity index (χ3v) is 14.1. The molecule has 0 amide bonds. The molecule has 3 nitrogen and oxygen atoms in total. The van der Waals surface area contributed by atoms with Gasteiger partial charge in [0.2, 0.25) is 0 Å². The van der Waals surface area contributed by atoms with Crippen molar-refractivity contribution in [3.63, 3.8) is 0 Å². The Hall–Kier alpha value is -0.130. The van der Waals surface area contributed by atoms with Gasteiger partial charge in [0.1, 0.15) is 0 Å². The van der Waals surface area contributed by atoms with Gasteiger partial charge in [0, 0.05) is 22.4 Å². The highest BCUT2D eigenvalue weighted by molar-refractivity contribution is 8.08. The molecule has 4 saturated carbocycles. The lowest BCUT2D eigenvalue weighted by atomic mass is 9.44. The van der Waals surface area contributed by atoms with E-state index in [1.54, 1.807) is 18.7 Å². The summed E-state index contributed by atoms with van der Waals surface area (Å²) >= 11 is 6.57. The molecular weight excluding hydrogens is 468 g/mol. The van der Waals surface area contributed by atoms with Crippen molar-refractivity contribution in [3.05, 3.63) is 18.7 Å². The van der Waals surface area contributed by atoms with Crippen LogP contribution in [0.2, 0.25) is 0 Å². The maximum absolute atomic E-state index is 5.57. The smallest absolute Gasteiger partial charge is 0.0919 e. The number of nitrogens with zero attached hydrogens (tertiary/aromatic N) is 1. The van der Waals surface area contributed by atoms with E-state index < -0.39 is 0 Å². The van der Waals surface area contributed by atoms with Crippen LogP contribution in [0.3, 0.4) is 0 Å². The Balaban J connectivity index is 0.000000453. The molecule has 5 heteroatoms. The van der Waals surface area contributed by atoms with Crippen LogP contribution in [-0.4, -0.2) is 26.1 Å². The fraction of sp³-hybridized carbons (Fsp3) is 0.900. The minimum atomic E-state index is 0.395. The first-order chi connectivity index (χ1) is 16.7. The second kappa shape index (κ2) is 10.2. The number of thioether (sulfide) groups is 1. The van der Waals surface area contributed by atoms with Gasteiger partial charge in [0.15, 0.2) is 0 Å². The number of rotatable bonds is 6. The van der Waals surface area contributed by atoms with E-state index in [9.17, 15) is 0 Å². The van der Waals surface area contributed by atoms with E-state index in [1.807, 2.05) is 0 Å². The summed E-state index contributed by atoms with van der Waals surface area (Å²) in [6.07, 6.45) is 21.2. The minimum absolute atomic E-state index is 0.395. The summed E-state index contributed by atoms with van der Waals surface area (Å²) in [6.45, 7) is 12.8. The van der Waals surface area contributed by atoms with Gasteiger partial charge in [0.05, 0.1) is 12.4 Å². The van der Waals surface area contributed by atoms with Crippen LogP contribution >= 0.6 is 24.7 Å². The monoisotopic (exact) mass is 518 g/mol. The van der Waals surface area contributed by atoms with Crippen molar-refractivity contribution in [2.24, 2.45) is 46.3 Å². The third-order valence-electron chi connectivity index (χ3n) is 11.8. The molecule has 1 N–H and O–H groups in total. The molecule has 4 aliphatic carbocycles. The van der Waals surface area contributed by atoms with Gasteiger partial charge in [-0.3, -0.25) is 0 Å². The van der Waals surface area contributed by atoms with Crippen LogP contribution < -0.4 is 0 Å². The summed E-state index contributed by atoms with van der Waals surface area (Å²) < 4.78 is 6.10. The lowest BCUT2D eigenvalue weighted by Gasteiger charge is -2.60. The summed E-state index contributed by atoms with van der Waals surface area (Å²) in [6, 6.07) is 0. The zero-order chi connectivity index (χ0) is 24.8. The highest BCUT2D eigenvalue weighted by Crippen LogP contribution is 2.80. The standard InChI is InChI=1S/C27H46OS2.C3H4N2/c1-17(2)7-6-8-18(3)21-9-10-22-20-15-24-27(30-24)16-19(28-29)11-14-26(27,5)23(20)12-13-25(21,22)4;1-2-5-3-4-1/h17-24,29H,6-16H2,1-5H3;1-3H,(H,4,5)/t18-,19+,20+,21-,22+,23+,24?,25-,26-,27?;/m1./s1. The molecule has 2 unspecified atom stereocenters. The van der Waals surface area contributed by atoms with Gasteiger partial charge in [-0.05, 0) is 111 Å². The highest BCUT2D eigenvalue weighted by atomic mass is 32.2. The summed E-state index contributed by atoms with van der Waals surface area (Å²) in [5.74, 6) is 5.74. The van der Waals surface area contributed by atoms with Gasteiger partial charge in [-0.15, -0.1) is 11.8 Å². The zero-order valence-electron chi connectivity index (χ0n) is 22.8. The largest absolute Gasteiger partial charge is 0.351 e.